The lowest BCUT2D eigenvalue weighted by Crippen LogP contribution is -2.49. The zero-order valence-corrected chi connectivity index (χ0v) is 12.1. The molecule has 0 saturated carbocycles. The van der Waals surface area contributed by atoms with E-state index in [2.05, 4.69) is 22.3 Å². The van der Waals surface area contributed by atoms with E-state index in [0.717, 1.165) is 31.7 Å². The Morgan fingerprint density at radius 2 is 1.74 bits per heavy atom. The number of benzene rings is 1. The van der Waals surface area contributed by atoms with Crippen LogP contribution in [0.2, 0.25) is 0 Å². The number of Topliss-reactive ketones (excluding diaryl/α,β-unsaturated/α-hetero) is 1. The van der Waals surface area contributed by atoms with E-state index in [4.69, 9.17) is 0 Å². The van der Waals surface area contributed by atoms with Gasteiger partial charge in [-0.1, -0.05) is 51.1 Å². The number of hydrogen-bond donors (Lipinski definition) is 1. The van der Waals surface area contributed by atoms with Gasteiger partial charge in [0.2, 0.25) is 0 Å². The summed E-state index contributed by atoms with van der Waals surface area (Å²) in [6.07, 6.45) is 0. The van der Waals surface area contributed by atoms with E-state index in [9.17, 15) is 4.79 Å². The number of nitrogens with zero attached hydrogens (tertiary/aromatic N) is 1. The van der Waals surface area contributed by atoms with Crippen LogP contribution in [0.4, 0.5) is 0 Å². The fourth-order valence-electron chi connectivity index (χ4n) is 2.51. The van der Waals surface area contributed by atoms with E-state index >= 15 is 0 Å². The van der Waals surface area contributed by atoms with Crippen molar-refractivity contribution in [3.8, 4) is 0 Å². The van der Waals surface area contributed by atoms with Crippen molar-refractivity contribution in [3.05, 3.63) is 35.9 Å². The smallest absolute Gasteiger partial charge is 0.159 e. The lowest BCUT2D eigenvalue weighted by Gasteiger charge is -2.37. The van der Waals surface area contributed by atoms with Crippen LogP contribution in [0.3, 0.4) is 0 Å². The molecule has 1 fully saturated rings. The number of nitrogens with one attached hydrogen (secondary N) is 1. The van der Waals surface area contributed by atoms with Crippen LogP contribution in [-0.2, 0) is 4.79 Å². The molecule has 0 radical (unpaired) electrons. The molecule has 1 aliphatic heterocycles. The van der Waals surface area contributed by atoms with Gasteiger partial charge in [-0.3, -0.25) is 9.69 Å². The molecule has 104 valence electrons. The maximum absolute atomic E-state index is 12.8. The molecule has 0 amide bonds. The molecule has 3 heteroatoms. The highest BCUT2D eigenvalue weighted by Crippen LogP contribution is 2.30. The van der Waals surface area contributed by atoms with Gasteiger partial charge in [-0.25, -0.2) is 0 Å². The molecular formula is C16H24N2O. The van der Waals surface area contributed by atoms with E-state index in [1.54, 1.807) is 0 Å². The van der Waals surface area contributed by atoms with Gasteiger partial charge in [0.25, 0.3) is 0 Å². The van der Waals surface area contributed by atoms with E-state index in [0.29, 0.717) is 5.78 Å². The predicted octanol–water partition coefficient (Wildman–Crippen LogP) is 2.25. The second kappa shape index (κ2) is 5.85. The largest absolute Gasteiger partial charge is 0.314 e. The first-order chi connectivity index (χ1) is 9.00. The predicted molar refractivity (Wildman–Crippen MR) is 78.1 cm³/mol. The number of hydrogen-bond acceptors (Lipinski definition) is 3. The van der Waals surface area contributed by atoms with Gasteiger partial charge >= 0.3 is 0 Å². The second-order valence-corrected chi connectivity index (χ2v) is 6.21. The molecule has 2 rings (SSSR count). The Labute approximate surface area is 116 Å². The average Bonchev–Trinajstić information content (AvgIpc) is 2.40. The van der Waals surface area contributed by atoms with Crippen LogP contribution >= 0.6 is 0 Å². The Balaban J connectivity index is 2.30. The van der Waals surface area contributed by atoms with E-state index in [1.807, 2.05) is 39.0 Å². The van der Waals surface area contributed by atoms with Crippen LogP contribution in [0.25, 0.3) is 0 Å². The summed E-state index contributed by atoms with van der Waals surface area (Å²) in [5, 5.41) is 3.35. The lowest BCUT2D eigenvalue weighted by molar-refractivity contribution is -0.132. The van der Waals surface area contributed by atoms with Crippen LogP contribution in [-0.4, -0.2) is 36.9 Å². The average molecular weight is 260 g/mol. The third-order valence-electron chi connectivity index (χ3n) is 3.62. The van der Waals surface area contributed by atoms with Crippen molar-refractivity contribution < 1.29 is 4.79 Å². The molecule has 0 aromatic heterocycles. The number of carbonyl (C=O) groups is 1. The van der Waals surface area contributed by atoms with Crippen molar-refractivity contribution in [2.75, 3.05) is 26.2 Å². The van der Waals surface area contributed by atoms with Crippen LogP contribution in [0.5, 0.6) is 0 Å². The van der Waals surface area contributed by atoms with Gasteiger partial charge < -0.3 is 5.32 Å². The minimum atomic E-state index is -0.314. The van der Waals surface area contributed by atoms with Gasteiger partial charge in [0.15, 0.2) is 5.78 Å². The highest BCUT2D eigenvalue weighted by atomic mass is 16.1. The molecule has 1 N–H and O–H groups in total. The highest BCUT2D eigenvalue weighted by Gasteiger charge is 2.35. The number of carbonyl (C=O) groups excluding carboxylic acids is 1. The molecule has 0 aliphatic carbocycles. The molecule has 0 spiro atoms. The van der Waals surface area contributed by atoms with Crippen molar-refractivity contribution in [1.82, 2.24) is 10.2 Å². The van der Waals surface area contributed by atoms with Crippen molar-refractivity contribution in [3.63, 3.8) is 0 Å². The topological polar surface area (TPSA) is 32.3 Å². The normalized spacial score (nSPS) is 19.1. The van der Waals surface area contributed by atoms with Crippen molar-refractivity contribution in [2.24, 2.45) is 5.41 Å². The van der Waals surface area contributed by atoms with Crippen molar-refractivity contribution in [2.45, 2.75) is 26.8 Å². The number of piperazine rings is 1. The number of ketones is 1. The third kappa shape index (κ3) is 3.43. The molecule has 1 atom stereocenters. The second-order valence-electron chi connectivity index (χ2n) is 6.21. The first kappa shape index (κ1) is 14.2. The first-order valence-electron chi connectivity index (χ1n) is 7.04. The molecule has 0 bridgehead atoms. The van der Waals surface area contributed by atoms with Gasteiger partial charge in [0.1, 0.15) is 0 Å². The van der Waals surface area contributed by atoms with Crippen molar-refractivity contribution >= 4 is 5.78 Å². The van der Waals surface area contributed by atoms with Crippen LogP contribution in [0.1, 0.15) is 32.4 Å². The van der Waals surface area contributed by atoms with Crippen LogP contribution < -0.4 is 5.32 Å². The Morgan fingerprint density at radius 1 is 1.16 bits per heavy atom. The summed E-state index contributed by atoms with van der Waals surface area (Å²) in [6, 6.07) is 10.1. The van der Waals surface area contributed by atoms with Crippen molar-refractivity contribution in [1.29, 1.82) is 0 Å². The highest BCUT2D eigenvalue weighted by molar-refractivity contribution is 5.89. The molecule has 19 heavy (non-hydrogen) atoms. The molecule has 3 nitrogen and oxygen atoms in total. The van der Waals surface area contributed by atoms with Gasteiger partial charge in [0, 0.05) is 31.6 Å². The summed E-state index contributed by atoms with van der Waals surface area (Å²) in [4.78, 5) is 15.1. The lowest BCUT2D eigenvalue weighted by atomic mass is 9.83. The Kier molecular flexibility index (Phi) is 4.38. The third-order valence-corrected chi connectivity index (χ3v) is 3.62. The SMILES string of the molecule is CC(C)(C)C(=O)C(c1ccccc1)N1CCNCC1. The van der Waals surface area contributed by atoms with E-state index < -0.39 is 0 Å². The monoisotopic (exact) mass is 260 g/mol. The molecular weight excluding hydrogens is 236 g/mol. The van der Waals surface area contributed by atoms with E-state index in [1.165, 1.54) is 0 Å². The minimum Gasteiger partial charge on any atom is -0.314 e. The minimum absolute atomic E-state index is 0.108. The quantitative estimate of drug-likeness (QED) is 0.904. The maximum Gasteiger partial charge on any atom is 0.159 e. The zero-order valence-electron chi connectivity index (χ0n) is 12.1. The fraction of sp³-hybridized carbons (Fsp3) is 0.562. The summed E-state index contributed by atoms with van der Waals surface area (Å²) in [5.74, 6) is 0.306. The fourth-order valence-corrected chi connectivity index (χ4v) is 2.51. The van der Waals surface area contributed by atoms with Gasteiger partial charge in [-0.05, 0) is 5.56 Å². The molecule has 1 saturated heterocycles. The first-order valence-corrected chi connectivity index (χ1v) is 7.04. The van der Waals surface area contributed by atoms with E-state index in [-0.39, 0.29) is 11.5 Å². The zero-order chi connectivity index (χ0) is 13.9. The molecule has 1 aromatic carbocycles. The van der Waals surface area contributed by atoms with Gasteiger partial charge in [0.05, 0.1) is 6.04 Å². The summed E-state index contributed by atoms with van der Waals surface area (Å²) >= 11 is 0. The van der Waals surface area contributed by atoms with Gasteiger partial charge in [-0.2, -0.15) is 0 Å². The van der Waals surface area contributed by atoms with Crippen LogP contribution in [0.15, 0.2) is 30.3 Å². The Hall–Kier alpha value is -1.19. The summed E-state index contributed by atoms with van der Waals surface area (Å²) < 4.78 is 0. The van der Waals surface area contributed by atoms with Gasteiger partial charge in [-0.15, -0.1) is 0 Å². The molecule has 1 unspecified atom stereocenters. The standard InChI is InChI=1S/C16H24N2O/c1-16(2,3)15(19)14(13-7-5-4-6-8-13)18-11-9-17-10-12-18/h4-8,14,17H,9-12H2,1-3H3. The maximum atomic E-state index is 12.8. The summed E-state index contributed by atoms with van der Waals surface area (Å²) in [7, 11) is 0. The molecule has 1 aromatic rings. The Morgan fingerprint density at radius 3 is 2.26 bits per heavy atom. The number of rotatable bonds is 3. The molecule has 1 heterocycles. The summed E-state index contributed by atoms with van der Waals surface area (Å²) in [5.41, 5.74) is 0.801. The summed E-state index contributed by atoms with van der Waals surface area (Å²) in [6.45, 7) is 9.80. The molecule has 1 aliphatic rings. The Bertz CT molecular complexity index is 416. The van der Waals surface area contributed by atoms with Crippen LogP contribution in [0, 0.1) is 5.41 Å².